The van der Waals surface area contributed by atoms with Crippen LogP contribution in [0.1, 0.15) is 124 Å². The Bertz CT molecular complexity index is 4220. The number of piperidine rings is 2. The number of nitrogens with two attached hydrogens (primary N) is 1. The number of ether oxygens (including phenoxy) is 1. The summed E-state index contributed by atoms with van der Waals surface area (Å²) < 4.78 is 6.43. The van der Waals surface area contributed by atoms with Crippen molar-refractivity contribution in [1.82, 2.24) is 40.6 Å². The van der Waals surface area contributed by atoms with Gasteiger partial charge in [-0.15, -0.1) is 0 Å². The number of primary amides is 1. The second kappa shape index (κ2) is 50.5. The fraction of sp³-hybridized carbons (Fsp3) is 0.356. The summed E-state index contributed by atoms with van der Waals surface area (Å²) in [4.78, 5) is 119. The lowest BCUT2D eigenvalue weighted by atomic mass is 9.86. The number of aryl methyl sites for hydroxylation is 2. The standard InChI is InChI=1S/C14H17N3O2.C14H12O.C13H15NO2.C12H13NO.C11H12N2O.C10H11BrO.C9H17NO.C7H12N2O2/c18-11-16-8-6-14(7-9-16)13(19)15-10-17(14)12-4-2-1-3-5-12;15-11-10-12-6-8-14(9-7-12)13-4-2-1-3-5-13;1-16-13-5-3-2-4-12(13)11-6-8-14(10-15)9-7-11;14-8-4-3-5-10-9-13-12-7-2-1-6-11(10)12;14-8-12-6-5-9-7-13-11-4-2-1-3-10(9)11;11-10-6-4-9(5-7-10)3-1-2-8-12;11-8-10-7-6-9-4-2-1-3-5-9;8-7(11)6-1-3-9(5-10)4-2-6/h1-5,11H,6-10H2,(H,15,19);1-9,11H,10H2;2-6,10H,7-9H2,1H3;1-2,6-9,13H,3-5H2;1-4,7-8,13H,5-6H2,(H,12,14);4-8H,1-3H2;8-9H,1-7H2,(H,10,11);5-6H,1-4H2,(H2,8,11). The van der Waals surface area contributed by atoms with E-state index >= 15 is 0 Å². The van der Waals surface area contributed by atoms with Crippen molar-refractivity contribution < 1.29 is 52.7 Å². The Labute approximate surface area is 667 Å². The van der Waals surface area contributed by atoms with Crippen molar-refractivity contribution in [3.63, 3.8) is 0 Å². The van der Waals surface area contributed by atoms with E-state index in [2.05, 4.69) is 101 Å². The zero-order valence-corrected chi connectivity index (χ0v) is 65.9. The molecule has 7 aromatic carbocycles. The molecule has 112 heavy (non-hydrogen) atoms. The van der Waals surface area contributed by atoms with Crippen LogP contribution in [0, 0.1) is 11.8 Å². The predicted molar refractivity (Wildman–Crippen MR) is 448 cm³/mol. The van der Waals surface area contributed by atoms with E-state index in [9.17, 15) is 47.9 Å². The lowest BCUT2D eigenvalue weighted by molar-refractivity contribution is -0.128. The van der Waals surface area contributed by atoms with Crippen molar-refractivity contribution in [2.75, 3.05) is 71.0 Å². The first kappa shape index (κ1) is 88.0. The van der Waals surface area contributed by atoms with E-state index in [1.807, 2.05) is 146 Å². The topological polar surface area (TPSA) is 287 Å². The van der Waals surface area contributed by atoms with Gasteiger partial charge in [0.05, 0.1) is 13.8 Å². The van der Waals surface area contributed by atoms with Crippen LogP contribution >= 0.6 is 15.9 Å². The number of nitrogens with one attached hydrogen (secondary N) is 5. The fourth-order valence-electron chi connectivity index (χ4n) is 14.0. The van der Waals surface area contributed by atoms with Gasteiger partial charge >= 0.3 is 0 Å². The number of hydrogen-bond donors (Lipinski definition) is 6. The van der Waals surface area contributed by atoms with Gasteiger partial charge in [0, 0.05) is 127 Å². The maximum atomic E-state index is 12.3. The molecule has 4 aliphatic heterocycles. The molecule has 1 saturated carbocycles. The molecule has 14 rings (SSSR count). The zero-order valence-electron chi connectivity index (χ0n) is 64.4. The molecule has 2 aromatic heterocycles. The molecule has 1 aliphatic carbocycles. The molecule has 9 aromatic rings. The number of rotatable bonds is 26. The number of aldehydes is 3. The van der Waals surface area contributed by atoms with Crippen molar-refractivity contribution in [2.24, 2.45) is 17.6 Å². The van der Waals surface area contributed by atoms with Crippen LogP contribution in [0.2, 0.25) is 0 Å². The van der Waals surface area contributed by atoms with E-state index in [0.29, 0.717) is 90.9 Å². The second-order valence-corrected chi connectivity index (χ2v) is 28.7. The average Bonchev–Trinajstić information content (AvgIpc) is 1.60. The van der Waals surface area contributed by atoms with Gasteiger partial charge in [-0.2, -0.15) is 0 Å². The summed E-state index contributed by atoms with van der Waals surface area (Å²) >= 11 is 3.37. The Balaban J connectivity index is 0.000000179. The van der Waals surface area contributed by atoms with Crippen LogP contribution < -0.4 is 31.3 Å². The molecule has 6 heterocycles. The molecule has 7 amide bonds. The van der Waals surface area contributed by atoms with Crippen LogP contribution in [-0.4, -0.2) is 159 Å². The van der Waals surface area contributed by atoms with Gasteiger partial charge in [0.1, 0.15) is 30.1 Å². The summed E-state index contributed by atoms with van der Waals surface area (Å²) in [5.41, 5.74) is 17.7. The minimum Gasteiger partial charge on any atom is -0.496 e. The maximum Gasteiger partial charge on any atom is 0.247 e. The van der Waals surface area contributed by atoms with Crippen molar-refractivity contribution in [2.45, 2.75) is 128 Å². The van der Waals surface area contributed by atoms with E-state index in [0.717, 1.165) is 141 Å². The quantitative estimate of drug-likeness (QED) is 0.0218. The van der Waals surface area contributed by atoms with Crippen molar-refractivity contribution in [1.29, 1.82) is 0 Å². The normalized spacial score (nSPS) is 14.7. The molecule has 0 unspecified atom stereocenters. The van der Waals surface area contributed by atoms with Gasteiger partial charge in [0.2, 0.25) is 43.9 Å². The Morgan fingerprint density at radius 3 is 1.66 bits per heavy atom. The molecule has 4 fully saturated rings. The molecule has 21 nitrogen and oxygen atoms in total. The zero-order chi connectivity index (χ0) is 79.8. The number of fused-ring (bicyclic) bond motifs is 2. The van der Waals surface area contributed by atoms with Gasteiger partial charge < -0.3 is 70.4 Å². The number of halogens is 1. The highest BCUT2D eigenvalue weighted by molar-refractivity contribution is 9.10. The number of H-pyrrole nitrogens is 2. The molecule has 0 bridgehead atoms. The Kier molecular flexibility index (Phi) is 39.7. The van der Waals surface area contributed by atoms with Crippen molar-refractivity contribution in [3.05, 3.63) is 233 Å². The van der Waals surface area contributed by atoms with Crippen LogP contribution in [0.5, 0.6) is 5.75 Å². The molecule has 3 saturated heterocycles. The van der Waals surface area contributed by atoms with Crippen LogP contribution in [0.3, 0.4) is 0 Å². The van der Waals surface area contributed by atoms with Crippen LogP contribution in [0.25, 0.3) is 38.5 Å². The average molecular weight is 1590 g/mol. The Hall–Kier alpha value is -11.3. The number of para-hydroxylation sites is 4. The first-order valence-corrected chi connectivity index (χ1v) is 39.6. The first-order valence-electron chi connectivity index (χ1n) is 38.8. The number of hydrogen-bond acceptors (Lipinski definition) is 12. The van der Waals surface area contributed by atoms with Crippen LogP contribution in [0.15, 0.2) is 205 Å². The van der Waals surface area contributed by atoms with Gasteiger partial charge in [-0.05, 0) is 158 Å². The van der Waals surface area contributed by atoms with Gasteiger partial charge in [-0.25, -0.2) is 0 Å². The van der Waals surface area contributed by atoms with Crippen LogP contribution in [0.4, 0.5) is 5.69 Å². The molecule has 1 spiro atoms. The molecule has 7 N–H and O–H groups in total. The molecule has 592 valence electrons. The summed E-state index contributed by atoms with van der Waals surface area (Å²) in [6, 6.07) is 60.9. The molecule has 22 heteroatoms. The fourth-order valence-corrected chi connectivity index (χ4v) is 14.3. The van der Waals surface area contributed by atoms with E-state index < -0.39 is 5.54 Å². The first-order chi connectivity index (χ1) is 54.8. The lowest BCUT2D eigenvalue weighted by Crippen LogP contribution is -2.56. The Morgan fingerprint density at radius 1 is 0.562 bits per heavy atom. The third kappa shape index (κ3) is 29.2. The number of unbranched alkanes of at least 4 members (excludes halogenated alkanes) is 2. The van der Waals surface area contributed by atoms with E-state index in [1.54, 1.807) is 21.8 Å². The highest BCUT2D eigenvalue weighted by atomic mass is 79.9. The van der Waals surface area contributed by atoms with Crippen LogP contribution in [-0.2, 0) is 73.6 Å². The second-order valence-electron chi connectivity index (χ2n) is 27.8. The SMILES string of the molecule is COc1ccccc1C1=CCN(C=O)CC1.NC(=O)C1CCN(C=O)CC1.O=CCCCc1c[nH]c2ccccc12.O=CCCCc1ccc(Br)cc1.O=CCc1ccc(-c2ccccc2)cc1.O=CN1CCC2(CC1)C(=O)NCN2c1ccccc1.O=CNCCC1CCCCC1.O=CNCCc1c[nH]c2ccccc12. The highest BCUT2D eigenvalue weighted by Gasteiger charge is 2.50. The largest absolute Gasteiger partial charge is 0.496 e. The summed E-state index contributed by atoms with van der Waals surface area (Å²) in [5.74, 6) is 1.60. The summed E-state index contributed by atoms with van der Waals surface area (Å²) in [6.07, 6.45) is 31.5. The number of benzene rings is 7. The van der Waals surface area contributed by atoms with Gasteiger partial charge in [-0.1, -0.05) is 194 Å². The molecule has 0 radical (unpaired) electrons. The van der Waals surface area contributed by atoms with E-state index in [1.165, 1.54) is 88.2 Å². The molecule has 5 aliphatic rings. The lowest BCUT2D eigenvalue weighted by Gasteiger charge is -2.42. The summed E-state index contributed by atoms with van der Waals surface area (Å²) in [6.45, 7) is 6.18. The third-order valence-corrected chi connectivity index (χ3v) is 21.0. The number of methoxy groups -OCH3 is 1. The third-order valence-electron chi connectivity index (χ3n) is 20.4. The predicted octanol–water partition coefficient (Wildman–Crippen LogP) is 13.8. The minimum atomic E-state index is -0.485. The molecule has 0 atom stereocenters. The number of nitrogens with zero attached hydrogens (tertiary/aromatic N) is 4. The van der Waals surface area contributed by atoms with E-state index in [-0.39, 0.29) is 17.7 Å². The number of likely N-dealkylation sites (tertiary alicyclic amines) is 2. The van der Waals surface area contributed by atoms with Crippen molar-refractivity contribution >= 4 is 112 Å². The number of amides is 7. The smallest absolute Gasteiger partial charge is 0.247 e. The maximum absolute atomic E-state index is 12.3. The number of aromatic amines is 2. The Morgan fingerprint density at radius 2 is 1.10 bits per heavy atom. The summed E-state index contributed by atoms with van der Waals surface area (Å²) in [7, 11) is 1.68. The molecular weight excluding hydrogens is 1480 g/mol. The number of carbonyl (C=O) groups is 10. The summed E-state index contributed by atoms with van der Waals surface area (Å²) in [5, 5.41) is 10.8. The van der Waals surface area contributed by atoms with Gasteiger partial charge in [0.15, 0.2) is 0 Å². The molecular formula is C90H109BrN10O11. The number of carbonyl (C=O) groups excluding carboxylic acids is 10. The van der Waals surface area contributed by atoms with E-state index in [4.69, 9.17) is 10.5 Å². The minimum absolute atomic E-state index is 0.0220. The number of aromatic nitrogens is 2. The van der Waals surface area contributed by atoms with Crippen molar-refractivity contribution in [3.8, 4) is 16.9 Å². The number of anilines is 1. The van der Waals surface area contributed by atoms with Gasteiger partial charge in [0.25, 0.3) is 0 Å². The van der Waals surface area contributed by atoms with Gasteiger partial charge in [-0.3, -0.25) is 33.6 Å². The monoisotopic (exact) mass is 1580 g/mol. The highest BCUT2D eigenvalue weighted by Crippen LogP contribution is 2.36.